The molecule has 2 rings (SSSR count). The predicted octanol–water partition coefficient (Wildman–Crippen LogP) is 1.30. The standard InChI is InChI=1S/C10H16N4/c1-8-4-6-14(7-5-8)10-3-2-9(11)12-13-10/h2-3,8H,4-7H2,1H3,(H2,11,12). The SMILES string of the molecule is CC1CCN(c2ccc(N)nn2)CC1. The Morgan fingerprint density at radius 3 is 2.57 bits per heavy atom. The summed E-state index contributed by atoms with van der Waals surface area (Å²) in [6.45, 7) is 4.46. The quantitative estimate of drug-likeness (QED) is 0.728. The van der Waals surface area contributed by atoms with Gasteiger partial charge in [0.2, 0.25) is 0 Å². The van der Waals surface area contributed by atoms with Crippen molar-refractivity contribution >= 4 is 11.6 Å². The van der Waals surface area contributed by atoms with Crippen molar-refractivity contribution in [3.05, 3.63) is 12.1 Å². The molecule has 0 amide bonds. The average Bonchev–Trinajstić information content (AvgIpc) is 2.21. The van der Waals surface area contributed by atoms with E-state index in [4.69, 9.17) is 5.73 Å². The third-order valence-corrected chi connectivity index (χ3v) is 2.78. The molecular weight excluding hydrogens is 176 g/mol. The molecule has 1 aromatic rings. The van der Waals surface area contributed by atoms with Crippen LogP contribution >= 0.6 is 0 Å². The van der Waals surface area contributed by atoms with Gasteiger partial charge < -0.3 is 10.6 Å². The molecular formula is C10H16N4. The van der Waals surface area contributed by atoms with Gasteiger partial charge >= 0.3 is 0 Å². The molecule has 14 heavy (non-hydrogen) atoms. The van der Waals surface area contributed by atoms with Crippen LogP contribution in [-0.2, 0) is 0 Å². The number of hydrogen-bond acceptors (Lipinski definition) is 4. The van der Waals surface area contributed by atoms with Crippen LogP contribution in [0, 0.1) is 5.92 Å². The van der Waals surface area contributed by atoms with E-state index in [9.17, 15) is 0 Å². The van der Waals surface area contributed by atoms with Crippen LogP contribution in [0.2, 0.25) is 0 Å². The summed E-state index contributed by atoms with van der Waals surface area (Å²) in [4.78, 5) is 2.27. The van der Waals surface area contributed by atoms with E-state index in [1.54, 1.807) is 6.07 Å². The first-order valence-corrected chi connectivity index (χ1v) is 5.10. The van der Waals surface area contributed by atoms with Gasteiger partial charge in [-0.3, -0.25) is 0 Å². The molecule has 1 fully saturated rings. The highest BCUT2D eigenvalue weighted by Crippen LogP contribution is 2.20. The summed E-state index contributed by atoms with van der Waals surface area (Å²) in [5.74, 6) is 2.28. The van der Waals surface area contributed by atoms with Gasteiger partial charge in [0.25, 0.3) is 0 Å². The van der Waals surface area contributed by atoms with Gasteiger partial charge in [0.15, 0.2) is 5.82 Å². The largest absolute Gasteiger partial charge is 0.382 e. The number of aromatic nitrogens is 2. The van der Waals surface area contributed by atoms with Gasteiger partial charge in [0.1, 0.15) is 5.82 Å². The lowest BCUT2D eigenvalue weighted by molar-refractivity contribution is 0.436. The van der Waals surface area contributed by atoms with Gasteiger partial charge in [-0.2, -0.15) is 0 Å². The smallest absolute Gasteiger partial charge is 0.151 e. The van der Waals surface area contributed by atoms with Crippen molar-refractivity contribution in [2.24, 2.45) is 5.92 Å². The minimum absolute atomic E-state index is 0.485. The summed E-state index contributed by atoms with van der Waals surface area (Å²) < 4.78 is 0. The number of piperidine rings is 1. The molecule has 0 radical (unpaired) electrons. The zero-order valence-corrected chi connectivity index (χ0v) is 8.48. The molecule has 2 N–H and O–H groups in total. The summed E-state index contributed by atoms with van der Waals surface area (Å²) in [5, 5.41) is 7.94. The lowest BCUT2D eigenvalue weighted by Gasteiger charge is -2.30. The Labute approximate surface area is 84.1 Å². The summed E-state index contributed by atoms with van der Waals surface area (Å²) in [6.07, 6.45) is 2.48. The third kappa shape index (κ3) is 1.95. The number of nitrogen functional groups attached to an aromatic ring is 1. The summed E-state index contributed by atoms with van der Waals surface area (Å²) in [7, 11) is 0. The van der Waals surface area contributed by atoms with E-state index in [1.165, 1.54) is 12.8 Å². The van der Waals surface area contributed by atoms with Crippen LogP contribution in [0.1, 0.15) is 19.8 Å². The first-order chi connectivity index (χ1) is 6.75. The van der Waals surface area contributed by atoms with Crippen LogP contribution in [0.25, 0.3) is 0 Å². The molecule has 1 aliphatic heterocycles. The topological polar surface area (TPSA) is 55.0 Å². The maximum Gasteiger partial charge on any atom is 0.151 e. The fourth-order valence-corrected chi connectivity index (χ4v) is 1.74. The number of anilines is 2. The highest BCUT2D eigenvalue weighted by atomic mass is 15.3. The Kier molecular flexibility index (Phi) is 2.52. The highest BCUT2D eigenvalue weighted by Gasteiger charge is 2.16. The molecule has 1 saturated heterocycles. The van der Waals surface area contributed by atoms with Crippen molar-refractivity contribution in [3.63, 3.8) is 0 Å². The van der Waals surface area contributed by atoms with Gasteiger partial charge in [-0.25, -0.2) is 0 Å². The van der Waals surface area contributed by atoms with Crippen molar-refractivity contribution in [2.75, 3.05) is 23.7 Å². The van der Waals surface area contributed by atoms with Crippen LogP contribution < -0.4 is 10.6 Å². The van der Waals surface area contributed by atoms with E-state index < -0.39 is 0 Å². The predicted molar refractivity (Wildman–Crippen MR) is 57.1 cm³/mol. The Hall–Kier alpha value is -1.32. The molecule has 0 saturated carbocycles. The van der Waals surface area contributed by atoms with Crippen molar-refractivity contribution in [1.82, 2.24) is 10.2 Å². The molecule has 4 nitrogen and oxygen atoms in total. The van der Waals surface area contributed by atoms with E-state index in [0.717, 1.165) is 24.8 Å². The minimum atomic E-state index is 0.485. The Morgan fingerprint density at radius 1 is 1.29 bits per heavy atom. The lowest BCUT2D eigenvalue weighted by Crippen LogP contribution is -2.33. The number of rotatable bonds is 1. The van der Waals surface area contributed by atoms with Crippen molar-refractivity contribution in [2.45, 2.75) is 19.8 Å². The molecule has 1 aliphatic rings. The van der Waals surface area contributed by atoms with Crippen LogP contribution in [-0.4, -0.2) is 23.3 Å². The highest BCUT2D eigenvalue weighted by molar-refractivity contribution is 5.41. The Balaban J connectivity index is 2.05. The molecule has 0 unspecified atom stereocenters. The maximum absolute atomic E-state index is 5.49. The number of nitrogens with zero attached hydrogens (tertiary/aromatic N) is 3. The molecule has 1 aromatic heterocycles. The number of nitrogens with two attached hydrogens (primary N) is 1. The van der Waals surface area contributed by atoms with Crippen molar-refractivity contribution in [3.8, 4) is 0 Å². The Bertz CT molecular complexity index is 287. The number of hydrogen-bond donors (Lipinski definition) is 1. The summed E-state index contributed by atoms with van der Waals surface area (Å²) in [5.41, 5.74) is 5.49. The Morgan fingerprint density at radius 2 is 2.00 bits per heavy atom. The van der Waals surface area contributed by atoms with E-state index in [1.807, 2.05) is 6.07 Å². The molecule has 2 heterocycles. The third-order valence-electron chi connectivity index (χ3n) is 2.78. The van der Waals surface area contributed by atoms with Crippen molar-refractivity contribution < 1.29 is 0 Å². The first-order valence-electron chi connectivity index (χ1n) is 5.10. The molecule has 0 aromatic carbocycles. The van der Waals surface area contributed by atoms with Gasteiger partial charge in [-0.05, 0) is 30.9 Å². The lowest BCUT2D eigenvalue weighted by atomic mass is 9.99. The van der Waals surface area contributed by atoms with E-state index in [0.29, 0.717) is 5.82 Å². The van der Waals surface area contributed by atoms with Crippen molar-refractivity contribution in [1.29, 1.82) is 0 Å². The van der Waals surface area contributed by atoms with Crippen LogP contribution in [0.5, 0.6) is 0 Å². The van der Waals surface area contributed by atoms with E-state index >= 15 is 0 Å². The second-order valence-electron chi connectivity index (χ2n) is 3.99. The molecule has 0 bridgehead atoms. The molecule has 4 heteroatoms. The minimum Gasteiger partial charge on any atom is -0.382 e. The monoisotopic (exact) mass is 192 g/mol. The van der Waals surface area contributed by atoms with Gasteiger partial charge in [-0.1, -0.05) is 6.92 Å². The summed E-state index contributed by atoms with van der Waals surface area (Å²) >= 11 is 0. The van der Waals surface area contributed by atoms with Crippen LogP contribution in [0.4, 0.5) is 11.6 Å². The molecule has 0 aliphatic carbocycles. The van der Waals surface area contributed by atoms with Gasteiger partial charge in [0.05, 0.1) is 0 Å². The zero-order chi connectivity index (χ0) is 9.97. The average molecular weight is 192 g/mol. The van der Waals surface area contributed by atoms with E-state index in [-0.39, 0.29) is 0 Å². The first kappa shape index (κ1) is 9.24. The van der Waals surface area contributed by atoms with Gasteiger partial charge in [0, 0.05) is 13.1 Å². The fourth-order valence-electron chi connectivity index (χ4n) is 1.74. The molecule has 0 atom stereocenters. The summed E-state index contributed by atoms with van der Waals surface area (Å²) in [6, 6.07) is 3.75. The van der Waals surface area contributed by atoms with Gasteiger partial charge in [-0.15, -0.1) is 10.2 Å². The molecule has 76 valence electrons. The fraction of sp³-hybridized carbons (Fsp3) is 0.600. The molecule has 0 spiro atoms. The zero-order valence-electron chi connectivity index (χ0n) is 8.48. The van der Waals surface area contributed by atoms with Crippen LogP contribution in [0.15, 0.2) is 12.1 Å². The second kappa shape index (κ2) is 3.82. The normalized spacial score (nSPS) is 18.5. The maximum atomic E-state index is 5.49. The van der Waals surface area contributed by atoms with E-state index in [2.05, 4.69) is 22.0 Å². The second-order valence-corrected chi connectivity index (χ2v) is 3.99. The van der Waals surface area contributed by atoms with Crippen LogP contribution in [0.3, 0.4) is 0 Å².